The lowest BCUT2D eigenvalue weighted by atomic mass is 10.4. The second-order valence-electron chi connectivity index (χ2n) is 2.23. The molecule has 1 heterocycles. The minimum Gasteiger partial charge on any atom is -0.478 e. The fourth-order valence-electron chi connectivity index (χ4n) is 0.862. The van der Waals surface area contributed by atoms with Crippen molar-refractivity contribution in [3.8, 4) is 0 Å². The molecule has 1 aromatic heterocycles. The normalized spacial score (nSPS) is 11.5. The second kappa shape index (κ2) is 3.00. The summed E-state index contributed by atoms with van der Waals surface area (Å²) in [5, 5.41) is 11.5. The number of carboxylic acid groups (broad SMARTS) is 1. The lowest BCUT2D eigenvalue weighted by Crippen LogP contribution is -2.07. The van der Waals surface area contributed by atoms with Gasteiger partial charge in [0, 0.05) is 17.7 Å². The minimum atomic E-state index is -4.07. The molecule has 0 aromatic carbocycles. The van der Waals surface area contributed by atoms with Gasteiger partial charge in [-0.3, -0.25) is 4.68 Å². The van der Waals surface area contributed by atoms with Crippen LogP contribution in [0.25, 0.3) is 0 Å². The molecule has 8 heteroatoms. The molecular formula is C5H5ClN2O4S. The van der Waals surface area contributed by atoms with Crippen LogP contribution < -0.4 is 0 Å². The molecule has 0 saturated heterocycles. The zero-order valence-electron chi connectivity index (χ0n) is 6.43. The maximum absolute atomic E-state index is 10.9. The molecule has 0 aliphatic carbocycles. The van der Waals surface area contributed by atoms with Gasteiger partial charge in [0.15, 0.2) is 5.03 Å². The Morgan fingerprint density at radius 1 is 1.69 bits per heavy atom. The van der Waals surface area contributed by atoms with Crippen molar-refractivity contribution >= 4 is 25.7 Å². The molecule has 0 aliphatic rings. The molecule has 13 heavy (non-hydrogen) atoms. The van der Waals surface area contributed by atoms with Gasteiger partial charge in [-0.05, 0) is 0 Å². The van der Waals surface area contributed by atoms with Crippen LogP contribution in [0.2, 0.25) is 0 Å². The third-order valence-electron chi connectivity index (χ3n) is 1.35. The van der Waals surface area contributed by atoms with Gasteiger partial charge >= 0.3 is 5.97 Å². The van der Waals surface area contributed by atoms with Crippen molar-refractivity contribution in [2.45, 2.75) is 5.03 Å². The molecular weight excluding hydrogens is 220 g/mol. The van der Waals surface area contributed by atoms with E-state index in [-0.39, 0.29) is 0 Å². The standard InChI is InChI=1S/C5H5ClN2O4S/c1-8-4(13(6,11)12)3(2-7-8)5(9)10/h2H,1H3,(H,9,10). The summed E-state index contributed by atoms with van der Waals surface area (Å²) >= 11 is 0. The van der Waals surface area contributed by atoms with Gasteiger partial charge in [-0.25, -0.2) is 13.2 Å². The zero-order chi connectivity index (χ0) is 10.2. The highest BCUT2D eigenvalue weighted by atomic mass is 35.7. The first-order chi connectivity index (χ1) is 5.84. The van der Waals surface area contributed by atoms with E-state index in [0.29, 0.717) is 0 Å². The van der Waals surface area contributed by atoms with Crippen molar-refractivity contribution in [1.29, 1.82) is 0 Å². The molecule has 1 N–H and O–H groups in total. The van der Waals surface area contributed by atoms with E-state index in [0.717, 1.165) is 10.9 Å². The number of aromatic carboxylic acids is 1. The van der Waals surface area contributed by atoms with E-state index in [1.807, 2.05) is 0 Å². The van der Waals surface area contributed by atoms with Gasteiger partial charge in [0.2, 0.25) is 0 Å². The summed E-state index contributed by atoms with van der Waals surface area (Å²) in [4.78, 5) is 10.5. The van der Waals surface area contributed by atoms with E-state index in [2.05, 4.69) is 5.10 Å². The minimum absolute atomic E-state index is 0.433. The molecule has 0 spiro atoms. The van der Waals surface area contributed by atoms with E-state index in [1.54, 1.807) is 0 Å². The average Bonchev–Trinajstić information content (AvgIpc) is 2.28. The van der Waals surface area contributed by atoms with E-state index < -0.39 is 25.6 Å². The predicted molar refractivity (Wildman–Crippen MR) is 43.2 cm³/mol. The molecule has 6 nitrogen and oxygen atoms in total. The summed E-state index contributed by atoms with van der Waals surface area (Å²) in [6.45, 7) is 0. The molecule has 0 amide bonds. The van der Waals surface area contributed by atoms with Crippen LogP contribution in [-0.4, -0.2) is 29.3 Å². The topological polar surface area (TPSA) is 89.3 Å². The van der Waals surface area contributed by atoms with Crippen LogP contribution >= 0.6 is 10.7 Å². The van der Waals surface area contributed by atoms with Crippen LogP contribution in [0.1, 0.15) is 10.4 Å². The first-order valence-electron chi connectivity index (χ1n) is 3.04. The van der Waals surface area contributed by atoms with E-state index in [4.69, 9.17) is 15.8 Å². The number of aryl methyl sites for hydroxylation is 1. The third kappa shape index (κ3) is 1.81. The van der Waals surface area contributed by atoms with Crippen molar-refractivity contribution in [3.05, 3.63) is 11.8 Å². The summed E-state index contributed by atoms with van der Waals surface area (Å²) in [5.41, 5.74) is -0.433. The summed E-state index contributed by atoms with van der Waals surface area (Å²) < 4.78 is 22.7. The van der Waals surface area contributed by atoms with Gasteiger partial charge in [-0.1, -0.05) is 0 Å². The average molecular weight is 225 g/mol. The number of halogens is 1. The molecule has 1 aromatic rings. The number of aromatic nitrogens is 2. The van der Waals surface area contributed by atoms with Gasteiger partial charge in [-0.15, -0.1) is 0 Å². The monoisotopic (exact) mass is 224 g/mol. The Bertz CT molecular complexity index is 449. The van der Waals surface area contributed by atoms with Crippen molar-refractivity contribution in [2.75, 3.05) is 0 Å². The fraction of sp³-hybridized carbons (Fsp3) is 0.200. The number of rotatable bonds is 2. The summed E-state index contributed by atoms with van der Waals surface area (Å²) in [6.07, 6.45) is 0.928. The van der Waals surface area contributed by atoms with Gasteiger partial charge < -0.3 is 5.11 Å². The number of hydrogen-bond acceptors (Lipinski definition) is 4. The van der Waals surface area contributed by atoms with Gasteiger partial charge in [0.05, 0.1) is 6.20 Å². The summed E-state index contributed by atoms with van der Waals surface area (Å²) in [6, 6.07) is 0. The van der Waals surface area contributed by atoms with Crippen molar-refractivity contribution in [1.82, 2.24) is 9.78 Å². The highest BCUT2D eigenvalue weighted by Gasteiger charge is 2.24. The zero-order valence-corrected chi connectivity index (χ0v) is 8.00. The van der Waals surface area contributed by atoms with Crippen LogP contribution in [0.3, 0.4) is 0 Å². The Hall–Kier alpha value is -1.08. The van der Waals surface area contributed by atoms with Crippen molar-refractivity contribution in [2.24, 2.45) is 7.05 Å². The first kappa shape index (κ1) is 10.0. The maximum Gasteiger partial charge on any atom is 0.340 e. The molecule has 0 bridgehead atoms. The van der Waals surface area contributed by atoms with Crippen LogP contribution in [0.15, 0.2) is 11.2 Å². The highest BCUT2D eigenvalue weighted by Crippen LogP contribution is 2.18. The molecule has 0 saturated carbocycles. The van der Waals surface area contributed by atoms with Crippen molar-refractivity contribution in [3.63, 3.8) is 0 Å². The molecule has 1 rings (SSSR count). The number of carboxylic acids is 1. The highest BCUT2D eigenvalue weighted by molar-refractivity contribution is 8.13. The van der Waals surface area contributed by atoms with Crippen LogP contribution in [0.4, 0.5) is 0 Å². The Labute approximate surface area is 78.2 Å². The fourth-order valence-corrected chi connectivity index (χ4v) is 2.18. The summed E-state index contributed by atoms with van der Waals surface area (Å²) in [7, 11) is 2.22. The summed E-state index contributed by atoms with van der Waals surface area (Å²) in [5.74, 6) is -1.38. The van der Waals surface area contributed by atoms with E-state index in [1.165, 1.54) is 7.05 Å². The molecule has 0 atom stereocenters. The number of carbonyl (C=O) groups is 1. The lowest BCUT2D eigenvalue weighted by Gasteiger charge is -1.97. The second-order valence-corrected chi connectivity index (χ2v) is 4.71. The van der Waals surface area contributed by atoms with Crippen LogP contribution in [-0.2, 0) is 16.1 Å². The Balaban J connectivity index is 3.51. The Morgan fingerprint density at radius 2 is 2.23 bits per heavy atom. The molecule has 0 unspecified atom stereocenters. The van der Waals surface area contributed by atoms with Gasteiger partial charge in [0.25, 0.3) is 9.05 Å². The van der Waals surface area contributed by atoms with Crippen LogP contribution in [0, 0.1) is 0 Å². The Morgan fingerprint density at radius 3 is 2.54 bits per heavy atom. The number of hydrogen-bond donors (Lipinski definition) is 1. The SMILES string of the molecule is Cn1ncc(C(=O)O)c1S(=O)(=O)Cl. The number of nitrogens with zero attached hydrogens (tertiary/aromatic N) is 2. The van der Waals surface area contributed by atoms with Gasteiger partial charge in [0.1, 0.15) is 5.56 Å². The quantitative estimate of drug-likeness (QED) is 0.717. The predicted octanol–water partition coefficient (Wildman–Crippen LogP) is 0.0458. The Kier molecular flexibility index (Phi) is 2.31. The lowest BCUT2D eigenvalue weighted by molar-refractivity contribution is 0.0692. The van der Waals surface area contributed by atoms with Crippen molar-refractivity contribution < 1.29 is 18.3 Å². The molecule has 0 aliphatic heterocycles. The van der Waals surface area contributed by atoms with Gasteiger partial charge in [-0.2, -0.15) is 5.10 Å². The van der Waals surface area contributed by atoms with Crippen LogP contribution in [0.5, 0.6) is 0 Å². The maximum atomic E-state index is 10.9. The smallest absolute Gasteiger partial charge is 0.340 e. The van der Waals surface area contributed by atoms with E-state index >= 15 is 0 Å². The molecule has 0 radical (unpaired) electrons. The molecule has 72 valence electrons. The van der Waals surface area contributed by atoms with E-state index in [9.17, 15) is 13.2 Å². The molecule has 0 fully saturated rings. The third-order valence-corrected chi connectivity index (χ3v) is 2.73. The first-order valence-corrected chi connectivity index (χ1v) is 5.35. The largest absolute Gasteiger partial charge is 0.478 e.